The molecule has 0 aliphatic heterocycles. The summed E-state index contributed by atoms with van der Waals surface area (Å²) in [6.45, 7) is 4.12. The molecule has 8 heteroatoms. The van der Waals surface area contributed by atoms with Gasteiger partial charge in [-0.25, -0.2) is 13.1 Å². The van der Waals surface area contributed by atoms with Crippen LogP contribution in [0.25, 0.3) is 0 Å². The van der Waals surface area contributed by atoms with Crippen molar-refractivity contribution in [1.82, 2.24) is 9.71 Å². The van der Waals surface area contributed by atoms with Gasteiger partial charge in [0, 0.05) is 12.7 Å². The van der Waals surface area contributed by atoms with Gasteiger partial charge in [-0.3, -0.25) is 4.98 Å². The lowest BCUT2D eigenvalue weighted by Gasteiger charge is -2.14. The fraction of sp³-hybridized carbons (Fsp3) is 0.455. The van der Waals surface area contributed by atoms with E-state index in [0.717, 1.165) is 0 Å². The lowest BCUT2D eigenvalue weighted by molar-refractivity contribution is 0.410. The predicted octanol–water partition coefficient (Wildman–Crippen LogP) is 0.659. The SMILES string of the molecule is COc1cncc(S(=O)(=O)NCC(C)C)c1C(N)=S. The number of nitrogens with two attached hydrogens (primary N) is 1. The maximum absolute atomic E-state index is 12.2. The van der Waals surface area contributed by atoms with E-state index in [1.165, 1.54) is 19.5 Å². The molecule has 0 radical (unpaired) electrons. The molecular formula is C11H17N3O3S2. The Morgan fingerprint density at radius 1 is 1.53 bits per heavy atom. The molecule has 0 spiro atoms. The van der Waals surface area contributed by atoms with Gasteiger partial charge in [0.05, 0.1) is 18.9 Å². The Kier molecular flexibility index (Phi) is 5.21. The Balaban J connectivity index is 3.30. The van der Waals surface area contributed by atoms with Crippen LogP contribution in [0, 0.1) is 5.92 Å². The first-order valence-electron chi connectivity index (χ1n) is 5.61. The summed E-state index contributed by atoms with van der Waals surface area (Å²) in [6, 6.07) is 0. The van der Waals surface area contributed by atoms with Crippen molar-refractivity contribution in [3.63, 3.8) is 0 Å². The van der Waals surface area contributed by atoms with Crippen molar-refractivity contribution >= 4 is 27.2 Å². The van der Waals surface area contributed by atoms with Gasteiger partial charge < -0.3 is 10.5 Å². The predicted molar refractivity (Wildman–Crippen MR) is 76.7 cm³/mol. The quantitative estimate of drug-likeness (QED) is 0.750. The van der Waals surface area contributed by atoms with Crippen LogP contribution in [0.1, 0.15) is 19.4 Å². The molecule has 106 valence electrons. The maximum atomic E-state index is 12.2. The fourth-order valence-corrected chi connectivity index (χ4v) is 3.04. The molecule has 19 heavy (non-hydrogen) atoms. The average molecular weight is 303 g/mol. The molecular weight excluding hydrogens is 286 g/mol. The number of hydrogen-bond acceptors (Lipinski definition) is 5. The summed E-state index contributed by atoms with van der Waals surface area (Å²) in [4.78, 5) is 3.71. The highest BCUT2D eigenvalue weighted by Gasteiger charge is 2.23. The minimum Gasteiger partial charge on any atom is -0.494 e. The largest absolute Gasteiger partial charge is 0.494 e. The maximum Gasteiger partial charge on any atom is 0.242 e. The number of nitrogens with zero attached hydrogens (tertiary/aromatic N) is 1. The zero-order chi connectivity index (χ0) is 14.6. The van der Waals surface area contributed by atoms with E-state index in [2.05, 4.69) is 9.71 Å². The molecule has 0 aliphatic rings. The zero-order valence-electron chi connectivity index (χ0n) is 11.0. The van der Waals surface area contributed by atoms with Gasteiger partial charge in [-0.1, -0.05) is 26.1 Å². The van der Waals surface area contributed by atoms with Gasteiger partial charge in [0.2, 0.25) is 10.0 Å². The van der Waals surface area contributed by atoms with Crippen molar-refractivity contribution in [2.75, 3.05) is 13.7 Å². The molecule has 0 bridgehead atoms. The van der Waals surface area contributed by atoms with Crippen molar-refractivity contribution in [3.05, 3.63) is 18.0 Å². The Hall–Kier alpha value is -1.25. The third kappa shape index (κ3) is 3.85. The molecule has 1 heterocycles. The number of hydrogen-bond donors (Lipinski definition) is 2. The van der Waals surface area contributed by atoms with Crippen molar-refractivity contribution < 1.29 is 13.2 Å². The highest BCUT2D eigenvalue weighted by Crippen LogP contribution is 2.24. The number of methoxy groups -OCH3 is 1. The fourth-order valence-electron chi connectivity index (χ4n) is 1.38. The van der Waals surface area contributed by atoms with E-state index in [1.807, 2.05) is 13.8 Å². The van der Waals surface area contributed by atoms with Gasteiger partial charge in [0.1, 0.15) is 15.6 Å². The topological polar surface area (TPSA) is 94.3 Å². The van der Waals surface area contributed by atoms with E-state index in [9.17, 15) is 8.42 Å². The molecule has 1 aromatic heterocycles. The Bertz CT molecular complexity index is 571. The average Bonchev–Trinajstić information content (AvgIpc) is 2.35. The van der Waals surface area contributed by atoms with Crippen LogP contribution in [0.5, 0.6) is 5.75 Å². The van der Waals surface area contributed by atoms with Crippen LogP contribution in [0.3, 0.4) is 0 Å². The number of nitrogens with one attached hydrogen (secondary N) is 1. The molecule has 0 saturated carbocycles. The van der Waals surface area contributed by atoms with Gasteiger partial charge in [0.25, 0.3) is 0 Å². The molecule has 0 aromatic carbocycles. The van der Waals surface area contributed by atoms with Gasteiger partial charge in [-0.05, 0) is 5.92 Å². The van der Waals surface area contributed by atoms with Crippen LogP contribution in [0.2, 0.25) is 0 Å². The number of ether oxygens (including phenoxy) is 1. The standard InChI is InChI=1S/C11H17N3O3S2/c1-7(2)4-14-19(15,16)9-6-13-5-8(17-3)10(9)11(12)18/h5-7,14H,4H2,1-3H3,(H2,12,18). The number of pyridine rings is 1. The number of thiocarbonyl (C=S) groups is 1. The summed E-state index contributed by atoms with van der Waals surface area (Å²) in [5.74, 6) is 0.418. The van der Waals surface area contributed by atoms with Gasteiger partial charge in [-0.2, -0.15) is 0 Å². The molecule has 0 unspecified atom stereocenters. The van der Waals surface area contributed by atoms with Crippen LogP contribution < -0.4 is 15.2 Å². The van der Waals surface area contributed by atoms with E-state index < -0.39 is 10.0 Å². The first-order valence-corrected chi connectivity index (χ1v) is 7.50. The first-order chi connectivity index (χ1) is 8.79. The van der Waals surface area contributed by atoms with E-state index >= 15 is 0 Å². The molecule has 1 rings (SSSR count). The third-order valence-electron chi connectivity index (χ3n) is 2.31. The number of sulfonamides is 1. The summed E-state index contributed by atoms with van der Waals surface area (Å²) in [7, 11) is -2.32. The van der Waals surface area contributed by atoms with Crippen LogP contribution in [0.4, 0.5) is 0 Å². The van der Waals surface area contributed by atoms with Crippen LogP contribution in [-0.4, -0.2) is 32.0 Å². The van der Waals surface area contributed by atoms with Gasteiger partial charge in [-0.15, -0.1) is 0 Å². The summed E-state index contributed by atoms with van der Waals surface area (Å²) in [5, 5.41) is 0. The van der Waals surface area contributed by atoms with Gasteiger partial charge >= 0.3 is 0 Å². The molecule has 0 saturated heterocycles. The second-order valence-electron chi connectivity index (χ2n) is 4.32. The molecule has 0 fully saturated rings. The Labute approximate surface area is 118 Å². The van der Waals surface area contributed by atoms with E-state index in [1.54, 1.807) is 0 Å². The lowest BCUT2D eigenvalue weighted by Crippen LogP contribution is -2.30. The van der Waals surface area contributed by atoms with Crippen LogP contribution >= 0.6 is 12.2 Å². The van der Waals surface area contributed by atoms with Crippen molar-refractivity contribution in [2.45, 2.75) is 18.7 Å². The third-order valence-corrected chi connectivity index (χ3v) is 3.95. The number of rotatable bonds is 6. The zero-order valence-corrected chi connectivity index (χ0v) is 12.6. The molecule has 1 aromatic rings. The minimum absolute atomic E-state index is 0.0517. The lowest BCUT2D eigenvalue weighted by atomic mass is 10.2. The van der Waals surface area contributed by atoms with Crippen LogP contribution in [-0.2, 0) is 10.0 Å². The summed E-state index contributed by atoms with van der Waals surface area (Å²) >= 11 is 4.89. The highest BCUT2D eigenvalue weighted by molar-refractivity contribution is 7.89. The second kappa shape index (κ2) is 6.27. The Morgan fingerprint density at radius 2 is 2.16 bits per heavy atom. The van der Waals surface area contributed by atoms with Crippen molar-refractivity contribution in [2.24, 2.45) is 11.7 Å². The van der Waals surface area contributed by atoms with Crippen molar-refractivity contribution in [1.29, 1.82) is 0 Å². The molecule has 0 atom stereocenters. The molecule has 3 N–H and O–H groups in total. The van der Waals surface area contributed by atoms with E-state index in [-0.39, 0.29) is 27.1 Å². The monoisotopic (exact) mass is 303 g/mol. The van der Waals surface area contributed by atoms with Crippen LogP contribution in [0.15, 0.2) is 17.3 Å². The normalized spacial score (nSPS) is 11.6. The molecule has 0 amide bonds. The van der Waals surface area contributed by atoms with E-state index in [0.29, 0.717) is 6.54 Å². The molecule has 0 aliphatic carbocycles. The summed E-state index contributed by atoms with van der Waals surface area (Å²) in [6.07, 6.45) is 2.58. The molecule has 6 nitrogen and oxygen atoms in total. The smallest absolute Gasteiger partial charge is 0.242 e. The minimum atomic E-state index is -3.72. The Morgan fingerprint density at radius 3 is 2.63 bits per heavy atom. The summed E-state index contributed by atoms with van der Waals surface area (Å²) in [5.41, 5.74) is 5.75. The van der Waals surface area contributed by atoms with E-state index in [4.69, 9.17) is 22.7 Å². The van der Waals surface area contributed by atoms with Gasteiger partial charge in [0.15, 0.2) is 0 Å². The number of aromatic nitrogens is 1. The van der Waals surface area contributed by atoms with Crippen molar-refractivity contribution in [3.8, 4) is 5.75 Å². The summed E-state index contributed by atoms with van der Waals surface area (Å²) < 4.78 is 31.9. The first kappa shape index (κ1) is 15.8. The second-order valence-corrected chi connectivity index (χ2v) is 6.50. The highest BCUT2D eigenvalue weighted by atomic mass is 32.2.